The van der Waals surface area contributed by atoms with Gasteiger partial charge in [-0.15, -0.1) is 0 Å². The number of unbranched alkanes of at least 4 members (excludes halogenated alkanes) is 2. The monoisotopic (exact) mass is 304 g/mol. The van der Waals surface area contributed by atoms with E-state index in [1.165, 1.54) is 22.7 Å². The van der Waals surface area contributed by atoms with Crippen molar-refractivity contribution in [3.8, 4) is 0 Å². The number of hydrogen-bond acceptors (Lipinski definition) is 5. The van der Waals surface area contributed by atoms with E-state index in [0.717, 1.165) is 49.5 Å². The van der Waals surface area contributed by atoms with E-state index < -0.39 is 0 Å². The normalized spacial score (nSPS) is 12.5. The third-order valence-corrected chi connectivity index (χ3v) is 4.51. The van der Waals surface area contributed by atoms with Crippen LogP contribution in [0.5, 0.6) is 0 Å². The van der Waals surface area contributed by atoms with E-state index in [-0.39, 0.29) is 6.04 Å². The minimum absolute atomic E-state index is 0.00546. The standard InChI is InChI=1S/C16H24N4S/c1-12-7-4-5-8-13(12)11-15-19-16(21-20-15)14(18)9-3-2-6-10-17/h4-5,7-8,14H,2-3,6,9-11,17-18H2,1H3. The van der Waals surface area contributed by atoms with Gasteiger partial charge in [0.15, 0.2) is 0 Å². The van der Waals surface area contributed by atoms with Gasteiger partial charge in [-0.2, -0.15) is 4.37 Å². The van der Waals surface area contributed by atoms with Crippen LogP contribution in [0.3, 0.4) is 0 Å². The highest BCUT2D eigenvalue weighted by Crippen LogP contribution is 2.20. The Morgan fingerprint density at radius 1 is 1.19 bits per heavy atom. The van der Waals surface area contributed by atoms with Crippen molar-refractivity contribution < 1.29 is 0 Å². The Morgan fingerprint density at radius 2 is 2.00 bits per heavy atom. The van der Waals surface area contributed by atoms with Crippen LogP contribution >= 0.6 is 11.5 Å². The maximum atomic E-state index is 6.19. The van der Waals surface area contributed by atoms with E-state index >= 15 is 0 Å². The quantitative estimate of drug-likeness (QED) is 0.735. The predicted molar refractivity (Wildman–Crippen MR) is 88.3 cm³/mol. The lowest BCUT2D eigenvalue weighted by Gasteiger charge is -2.07. The SMILES string of the molecule is Cc1ccccc1Cc1nsc(C(N)CCCCCN)n1. The molecule has 0 saturated carbocycles. The van der Waals surface area contributed by atoms with Crippen molar-refractivity contribution >= 4 is 11.5 Å². The van der Waals surface area contributed by atoms with E-state index in [4.69, 9.17) is 11.5 Å². The second-order valence-electron chi connectivity index (χ2n) is 5.40. The molecule has 5 heteroatoms. The molecule has 1 aromatic carbocycles. The van der Waals surface area contributed by atoms with Crippen molar-refractivity contribution in [2.45, 2.75) is 45.1 Å². The molecule has 0 aliphatic rings. The van der Waals surface area contributed by atoms with E-state index in [2.05, 4.69) is 40.5 Å². The van der Waals surface area contributed by atoms with Crippen LogP contribution in [0.15, 0.2) is 24.3 Å². The number of benzene rings is 1. The Labute approximate surface area is 130 Å². The van der Waals surface area contributed by atoms with E-state index in [0.29, 0.717) is 0 Å². The van der Waals surface area contributed by atoms with Crippen LogP contribution in [-0.4, -0.2) is 15.9 Å². The van der Waals surface area contributed by atoms with Gasteiger partial charge in [0.1, 0.15) is 10.8 Å². The molecule has 21 heavy (non-hydrogen) atoms. The summed E-state index contributed by atoms with van der Waals surface area (Å²) in [5.74, 6) is 0.877. The molecule has 0 aliphatic carbocycles. The summed E-state index contributed by atoms with van der Waals surface area (Å²) in [6, 6.07) is 8.36. The van der Waals surface area contributed by atoms with Crippen LogP contribution in [0.25, 0.3) is 0 Å². The van der Waals surface area contributed by atoms with E-state index in [1.54, 1.807) is 0 Å². The number of nitrogens with zero attached hydrogens (tertiary/aromatic N) is 2. The Morgan fingerprint density at radius 3 is 2.76 bits per heavy atom. The van der Waals surface area contributed by atoms with Gasteiger partial charge < -0.3 is 11.5 Å². The molecule has 1 atom stereocenters. The van der Waals surface area contributed by atoms with Gasteiger partial charge in [0.2, 0.25) is 0 Å². The summed E-state index contributed by atoms with van der Waals surface area (Å²) in [4.78, 5) is 4.60. The molecule has 4 nitrogen and oxygen atoms in total. The molecule has 0 saturated heterocycles. The highest BCUT2D eigenvalue weighted by atomic mass is 32.1. The minimum Gasteiger partial charge on any atom is -0.330 e. The summed E-state index contributed by atoms with van der Waals surface area (Å²) in [7, 11) is 0. The van der Waals surface area contributed by atoms with E-state index in [9.17, 15) is 0 Å². The van der Waals surface area contributed by atoms with Crippen LogP contribution < -0.4 is 11.5 Å². The first-order valence-corrected chi connectivity index (χ1v) is 8.30. The van der Waals surface area contributed by atoms with Gasteiger partial charge in [-0.1, -0.05) is 37.1 Å². The molecule has 0 aliphatic heterocycles. The predicted octanol–water partition coefficient (Wildman–Crippen LogP) is 2.96. The number of rotatable bonds is 8. The topological polar surface area (TPSA) is 77.8 Å². The molecule has 1 heterocycles. The molecule has 1 aromatic heterocycles. The van der Waals surface area contributed by atoms with Crippen LogP contribution in [0.1, 0.15) is 53.7 Å². The van der Waals surface area contributed by atoms with Gasteiger partial charge in [-0.3, -0.25) is 0 Å². The zero-order chi connectivity index (χ0) is 15.1. The second kappa shape index (κ2) is 8.22. The van der Waals surface area contributed by atoms with Crippen LogP contribution in [0.2, 0.25) is 0 Å². The third-order valence-electron chi connectivity index (χ3n) is 3.63. The van der Waals surface area contributed by atoms with Crippen molar-refractivity contribution in [3.05, 3.63) is 46.2 Å². The van der Waals surface area contributed by atoms with Crippen LogP contribution in [0, 0.1) is 6.92 Å². The molecule has 4 N–H and O–H groups in total. The highest BCUT2D eigenvalue weighted by Gasteiger charge is 2.13. The Balaban J connectivity index is 1.90. The molecule has 0 radical (unpaired) electrons. The average molecular weight is 304 g/mol. The molecule has 114 valence electrons. The smallest absolute Gasteiger partial charge is 0.147 e. The molecule has 0 fully saturated rings. The molecule has 0 amide bonds. The summed E-state index contributed by atoms with van der Waals surface area (Å²) in [5.41, 5.74) is 14.2. The fourth-order valence-corrected chi connectivity index (χ4v) is 2.98. The first kappa shape index (κ1) is 16.1. The second-order valence-corrected chi connectivity index (χ2v) is 6.18. The zero-order valence-electron chi connectivity index (χ0n) is 12.6. The minimum atomic E-state index is 0.00546. The number of aromatic nitrogens is 2. The summed E-state index contributed by atoms with van der Waals surface area (Å²) < 4.78 is 4.45. The summed E-state index contributed by atoms with van der Waals surface area (Å²) in [5, 5.41) is 0.950. The number of nitrogens with two attached hydrogens (primary N) is 2. The maximum absolute atomic E-state index is 6.19. The third kappa shape index (κ3) is 4.88. The maximum Gasteiger partial charge on any atom is 0.147 e. The van der Waals surface area contributed by atoms with Crippen LogP contribution in [0.4, 0.5) is 0 Å². The molecule has 1 unspecified atom stereocenters. The number of hydrogen-bond donors (Lipinski definition) is 2. The largest absolute Gasteiger partial charge is 0.330 e. The van der Waals surface area contributed by atoms with Gasteiger partial charge in [0, 0.05) is 6.42 Å². The highest BCUT2D eigenvalue weighted by molar-refractivity contribution is 7.05. The Hall–Kier alpha value is -1.30. The van der Waals surface area contributed by atoms with E-state index in [1.807, 2.05) is 0 Å². The molecule has 2 rings (SSSR count). The zero-order valence-corrected chi connectivity index (χ0v) is 13.4. The fraction of sp³-hybridized carbons (Fsp3) is 0.500. The Kier molecular flexibility index (Phi) is 6.29. The van der Waals surface area contributed by atoms with Gasteiger partial charge in [-0.25, -0.2) is 4.98 Å². The average Bonchev–Trinajstić information content (AvgIpc) is 2.94. The number of aryl methyl sites for hydroxylation is 1. The molecule has 0 spiro atoms. The lowest BCUT2D eigenvalue weighted by Crippen LogP contribution is -2.10. The first-order chi connectivity index (χ1) is 10.2. The lowest BCUT2D eigenvalue weighted by atomic mass is 10.1. The van der Waals surface area contributed by atoms with Crippen LogP contribution in [-0.2, 0) is 6.42 Å². The summed E-state index contributed by atoms with van der Waals surface area (Å²) in [6.07, 6.45) is 5.05. The van der Waals surface area contributed by atoms with Gasteiger partial charge in [0.05, 0.1) is 6.04 Å². The van der Waals surface area contributed by atoms with Crippen molar-refractivity contribution in [1.29, 1.82) is 0 Å². The Bertz CT molecular complexity index is 553. The molecular weight excluding hydrogens is 280 g/mol. The molecule has 0 bridgehead atoms. The summed E-state index contributed by atoms with van der Waals surface area (Å²) in [6.45, 7) is 2.88. The van der Waals surface area contributed by atoms with Gasteiger partial charge >= 0.3 is 0 Å². The van der Waals surface area contributed by atoms with Gasteiger partial charge in [-0.05, 0) is 49.0 Å². The van der Waals surface area contributed by atoms with Gasteiger partial charge in [0.25, 0.3) is 0 Å². The first-order valence-electron chi connectivity index (χ1n) is 7.53. The fourth-order valence-electron chi connectivity index (χ4n) is 2.28. The molecular formula is C16H24N4S. The molecule has 2 aromatic rings. The van der Waals surface area contributed by atoms with Crippen molar-refractivity contribution in [3.63, 3.8) is 0 Å². The van der Waals surface area contributed by atoms with Crippen molar-refractivity contribution in [2.75, 3.05) is 6.54 Å². The summed E-state index contributed by atoms with van der Waals surface area (Å²) >= 11 is 1.44. The van der Waals surface area contributed by atoms with Crippen molar-refractivity contribution in [1.82, 2.24) is 9.36 Å². The lowest BCUT2D eigenvalue weighted by molar-refractivity contribution is 0.570. The van der Waals surface area contributed by atoms with Crippen molar-refractivity contribution in [2.24, 2.45) is 11.5 Å².